The molecule has 5 heteroatoms. The first-order chi connectivity index (χ1) is 6.26. The van der Waals surface area contributed by atoms with Crippen molar-refractivity contribution in [2.75, 3.05) is 0 Å². The summed E-state index contributed by atoms with van der Waals surface area (Å²) in [5, 5.41) is 9.19. The SMILES string of the molecule is CCCC(C)Oc1nnc(CN)s1. The van der Waals surface area contributed by atoms with Crippen molar-refractivity contribution >= 4 is 11.3 Å². The van der Waals surface area contributed by atoms with Crippen molar-refractivity contribution in [3.8, 4) is 5.19 Å². The lowest BCUT2D eigenvalue weighted by atomic mass is 10.2. The summed E-state index contributed by atoms with van der Waals surface area (Å²) in [6.45, 7) is 4.60. The van der Waals surface area contributed by atoms with Gasteiger partial charge < -0.3 is 10.5 Å². The number of hydrogen-bond acceptors (Lipinski definition) is 5. The summed E-state index contributed by atoms with van der Waals surface area (Å²) in [7, 11) is 0. The van der Waals surface area contributed by atoms with Crippen LogP contribution in [0.1, 0.15) is 31.7 Å². The maximum atomic E-state index is 5.53. The third-order valence-corrected chi connectivity index (χ3v) is 2.46. The highest BCUT2D eigenvalue weighted by Crippen LogP contribution is 2.19. The zero-order valence-corrected chi connectivity index (χ0v) is 8.80. The van der Waals surface area contributed by atoms with Gasteiger partial charge in [-0.25, -0.2) is 0 Å². The minimum atomic E-state index is 0.212. The van der Waals surface area contributed by atoms with E-state index in [2.05, 4.69) is 17.1 Å². The summed E-state index contributed by atoms with van der Waals surface area (Å²) in [6, 6.07) is 0. The van der Waals surface area contributed by atoms with Crippen LogP contribution in [0, 0.1) is 0 Å². The molecule has 74 valence electrons. The average molecular weight is 201 g/mol. The van der Waals surface area contributed by atoms with Gasteiger partial charge in [0.1, 0.15) is 5.01 Å². The van der Waals surface area contributed by atoms with Crippen LogP contribution in [0.2, 0.25) is 0 Å². The zero-order valence-electron chi connectivity index (χ0n) is 7.99. The smallest absolute Gasteiger partial charge is 0.294 e. The standard InChI is InChI=1S/C8H15N3OS/c1-3-4-6(2)12-8-11-10-7(5-9)13-8/h6H,3-5,9H2,1-2H3. The topological polar surface area (TPSA) is 61.0 Å². The number of rotatable bonds is 5. The number of hydrogen-bond donors (Lipinski definition) is 1. The van der Waals surface area contributed by atoms with Crippen molar-refractivity contribution in [3.63, 3.8) is 0 Å². The Hall–Kier alpha value is -0.680. The molecule has 2 N–H and O–H groups in total. The second kappa shape index (κ2) is 5.14. The molecule has 0 spiro atoms. The largest absolute Gasteiger partial charge is 0.466 e. The van der Waals surface area contributed by atoms with Gasteiger partial charge in [-0.05, 0) is 13.3 Å². The molecule has 1 rings (SSSR count). The van der Waals surface area contributed by atoms with Crippen LogP contribution in [0.5, 0.6) is 5.19 Å². The fraction of sp³-hybridized carbons (Fsp3) is 0.750. The molecule has 0 saturated heterocycles. The number of nitrogens with zero attached hydrogens (tertiary/aromatic N) is 2. The first-order valence-corrected chi connectivity index (χ1v) is 5.27. The van der Waals surface area contributed by atoms with Crippen LogP contribution >= 0.6 is 11.3 Å². The van der Waals surface area contributed by atoms with E-state index in [4.69, 9.17) is 10.5 Å². The molecule has 0 aliphatic heterocycles. The molecule has 0 fully saturated rings. The van der Waals surface area contributed by atoms with Crippen molar-refractivity contribution in [3.05, 3.63) is 5.01 Å². The molecule has 1 atom stereocenters. The Balaban J connectivity index is 2.44. The van der Waals surface area contributed by atoms with Gasteiger partial charge in [-0.1, -0.05) is 29.8 Å². The predicted octanol–water partition coefficient (Wildman–Crippen LogP) is 1.56. The van der Waals surface area contributed by atoms with Crippen molar-refractivity contribution in [1.29, 1.82) is 0 Å². The Kier molecular flexibility index (Phi) is 4.11. The molecule has 4 nitrogen and oxygen atoms in total. The van der Waals surface area contributed by atoms with E-state index in [1.54, 1.807) is 0 Å². The van der Waals surface area contributed by atoms with E-state index in [0.29, 0.717) is 11.7 Å². The van der Waals surface area contributed by atoms with E-state index < -0.39 is 0 Å². The Morgan fingerprint density at radius 3 is 2.85 bits per heavy atom. The van der Waals surface area contributed by atoms with E-state index in [1.807, 2.05) is 6.92 Å². The quantitative estimate of drug-likeness (QED) is 0.785. The molecule has 0 aliphatic carbocycles. The molecular weight excluding hydrogens is 186 g/mol. The van der Waals surface area contributed by atoms with Gasteiger partial charge in [0.2, 0.25) is 0 Å². The summed E-state index contributed by atoms with van der Waals surface area (Å²) in [6.07, 6.45) is 2.37. The second-order valence-electron chi connectivity index (χ2n) is 2.88. The van der Waals surface area contributed by atoms with Gasteiger partial charge in [0.05, 0.1) is 6.10 Å². The fourth-order valence-electron chi connectivity index (χ4n) is 1.01. The molecule has 13 heavy (non-hydrogen) atoms. The highest BCUT2D eigenvalue weighted by Gasteiger charge is 2.07. The van der Waals surface area contributed by atoms with Crippen LogP contribution in [0.3, 0.4) is 0 Å². The molecule has 1 aromatic rings. The van der Waals surface area contributed by atoms with Gasteiger partial charge in [0.15, 0.2) is 0 Å². The van der Waals surface area contributed by atoms with Crippen molar-refractivity contribution in [2.24, 2.45) is 5.73 Å². The monoisotopic (exact) mass is 201 g/mol. The lowest BCUT2D eigenvalue weighted by Gasteiger charge is -2.09. The highest BCUT2D eigenvalue weighted by molar-refractivity contribution is 7.13. The zero-order chi connectivity index (χ0) is 9.68. The van der Waals surface area contributed by atoms with E-state index in [9.17, 15) is 0 Å². The van der Waals surface area contributed by atoms with Crippen LogP contribution in [-0.2, 0) is 6.54 Å². The molecule has 1 aromatic heterocycles. The van der Waals surface area contributed by atoms with Crippen LogP contribution in [-0.4, -0.2) is 16.3 Å². The van der Waals surface area contributed by atoms with Gasteiger partial charge in [-0.3, -0.25) is 0 Å². The van der Waals surface area contributed by atoms with Gasteiger partial charge in [0.25, 0.3) is 5.19 Å². The van der Waals surface area contributed by atoms with E-state index in [1.165, 1.54) is 11.3 Å². The molecule has 1 unspecified atom stereocenters. The molecule has 0 saturated carbocycles. The molecule has 0 aromatic carbocycles. The summed E-state index contributed by atoms with van der Waals surface area (Å²) in [5.74, 6) is 0. The molecule has 0 amide bonds. The first-order valence-electron chi connectivity index (χ1n) is 4.45. The minimum absolute atomic E-state index is 0.212. The van der Waals surface area contributed by atoms with Gasteiger partial charge in [-0.2, -0.15) is 0 Å². The van der Waals surface area contributed by atoms with E-state index in [0.717, 1.165) is 17.8 Å². The summed E-state index contributed by atoms with van der Waals surface area (Å²) in [4.78, 5) is 0. The van der Waals surface area contributed by atoms with Crippen LogP contribution in [0.15, 0.2) is 0 Å². The predicted molar refractivity (Wildman–Crippen MR) is 52.8 cm³/mol. The number of nitrogens with two attached hydrogens (primary N) is 1. The maximum absolute atomic E-state index is 5.53. The average Bonchev–Trinajstić information content (AvgIpc) is 2.52. The van der Waals surface area contributed by atoms with Gasteiger partial charge >= 0.3 is 0 Å². The second-order valence-corrected chi connectivity index (χ2v) is 3.91. The Labute approximate surface area is 82.1 Å². The fourth-order valence-corrected chi connectivity index (χ4v) is 1.67. The molecule has 0 bridgehead atoms. The van der Waals surface area contributed by atoms with Gasteiger partial charge in [0, 0.05) is 6.54 Å². The van der Waals surface area contributed by atoms with Crippen molar-refractivity contribution < 1.29 is 4.74 Å². The summed E-state index contributed by atoms with van der Waals surface area (Å²) < 4.78 is 5.53. The lowest BCUT2D eigenvalue weighted by molar-refractivity contribution is 0.207. The Bertz CT molecular complexity index is 251. The highest BCUT2D eigenvalue weighted by atomic mass is 32.1. The molecule has 0 radical (unpaired) electrons. The Morgan fingerprint density at radius 1 is 1.54 bits per heavy atom. The number of ether oxygens (including phenoxy) is 1. The van der Waals surface area contributed by atoms with Crippen molar-refractivity contribution in [1.82, 2.24) is 10.2 Å². The summed E-state index contributed by atoms with van der Waals surface area (Å²) in [5.41, 5.74) is 5.40. The van der Waals surface area contributed by atoms with E-state index in [-0.39, 0.29) is 6.10 Å². The van der Waals surface area contributed by atoms with Crippen LogP contribution in [0.4, 0.5) is 0 Å². The Morgan fingerprint density at radius 2 is 2.31 bits per heavy atom. The van der Waals surface area contributed by atoms with Crippen LogP contribution < -0.4 is 10.5 Å². The third kappa shape index (κ3) is 3.28. The maximum Gasteiger partial charge on any atom is 0.294 e. The van der Waals surface area contributed by atoms with Gasteiger partial charge in [-0.15, -0.1) is 5.10 Å². The third-order valence-electron chi connectivity index (χ3n) is 1.62. The molecule has 0 aliphatic rings. The lowest BCUT2D eigenvalue weighted by Crippen LogP contribution is -2.10. The van der Waals surface area contributed by atoms with Crippen molar-refractivity contribution in [2.45, 2.75) is 39.3 Å². The first kappa shape index (κ1) is 10.4. The van der Waals surface area contributed by atoms with Crippen LogP contribution in [0.25, 0.3) is 0 Å². The normalized spacial score (nSPS) is 12.8. The minimum Gasteiger partial charge on any atom is -0.466 e. The number of aromatic nitrogens is 2. The molecule has 1 heterocycles. The summed E-state index contributed by atoms with van der Waals surface area (Å²) >= 11 is 1.42. The van der Waals surface area contributed by atoms with E-state index >= 15 is 0 Å². The molecular formula is C8H15N3OS.